The fourth-order valence-corrected chi connectivity index (χ4v) is 2.80. The molecule has 6 nitrogen and oxygen atoms in total. The zero-order valence-electron chi connectivity index (χ0n) is 12.2. The molecule has 112 valence electrons. The minimum absolute atomic E-state index is 0.238. The molecule has 21 heavy (non-hydrogen) atoms. The zero-order valence-corrected chi connectivity index (χ0v) is 12.2. The normalized spacial score (nSPS) is 17.8. The van der Waals surface area contributed by atoms with Crippen molar-refractivity contribution in [3.8, 4) is 0 Å². The molecule has 0 spiro atoms. The first-order valence-electron chi connectivity index (χ1n) is 6.96. The van der Waals surface area contributed by atoms with E-state index in [-0.39, 0.29) is 12.2 Å². The molecular weight excluding hydrogens is 270 g/mol. The standard InChI is InChI=1S/C15H19N3O3/c1-11-3-4-13-16-12(7-18(13)5-11)6-17-9-15(2,10-17)21-8-14(19)20/h3-5,7H,6,8-10H2,1-2H3,(H,19,20). The van der Waals surface area contributed by atoms with Gasteiger partial charge in [0.05, 0.1) is 11.3 Å². The van der Waals surface area contributed by atoms with Crippen molar-refractivity contribution >= 4 is 11.6 Å². The number of hydrogen-bond donors (Lipinski definition) is 1. The summed E-state index contributed by atoms with van der Waals surface area (Å²) in [4.78, 5) is 17.3. The largest absolute Gasteiger partial charge is 0.480 e. The van der Waals surface area contributed by atoms with Crippen LogP contribution in [0.4, 0.5) is 0 Å². The van der Waals surface area contributed by atoms with E-state index in [9.17, 15) is 4.79 Å². The van der Waals surface area contributed by atoms with E-state index in [4.69, 9.17) is 9.84 Å². The summed E-state index contributed by atoms with van der Waals surface area (Å²) in [5.41, 5.74) is 2.81. The van der Waals surface area contributed by atoms with Crippen LogP contribution in [-0.2, 0) is 16.1 Å². The Balaban J connectivity index is 1.59. The maximum Gasteiger partial charge on any atom is 0.329 e. The molecule has 0 saturated carbocycles. The monoisotopic (exact) mass is 289 g/mol. The molecular formula is C15H19N3O3. The highest BCUT2D eigenvalue weighted by Gasteiger charge is 2.40. The Morgan fingerprint density at radius 2 is 2.19 bits per heavy atom. The molecule has 1 aliphatic rings. The van der Waals surface area contributed by atoms with Gasteiger partial charge in [0.15, 0.2) is 0 Å². The van der Waals surface area contributed by atoms with E-state index in [0.717, 1.165) is 31.0 Å². The van der Waals surface area contributed by atoms with Crippen molar-refractivity contribution in [2.24, 2.45) is 0 Å². The van der Waals surface area contributed by atoms with Crippen molar-refractivity contribution in [1.29, 1.82) is 0 Å². The lowest BCUT2D eigenvalue weighted by Gasteiger charge is -2.47. The molecule has 0 unspecified atom stereocenters. The highest BCUT2D eigenvalue weighted by atomic mass is 16.5. The van der Waals surface area contributed by atoms with Crippen molar-refractivity contribution in [3.63, 3.8) is 0 Å². The van der Waals surface area contributed by atoms with Crippen LogP contribution in [0.1, 0.15) is 18.2 Å². The lowest BCUT2D eigenvalue weighted by molar-refractivity contribution is -0.165. The quantitative estimate of drug-likeness (QED) is 0.899. The topological polar surface area (TPSA) is 67.1 Å². The van der Waals surface area contributed by atoms with Gasteiger partial charge in [0.25, 0.3) is 0 Å². The molecule has 0 aliphatic carbocycles. The summed E-state index contributed by atoms with van der Waals surface area (Å²) in [7, 11) is 0. The molecule has 3 heterocycles. The second-order valence-electron chi connectivity index (χ2n) is 5.98. The molecule has 0 radical (unpaired) electrons. The lowest BCUT2D eigenvalue weighted by atomic mass is 9.96. The van der Waals surface area contributed by atoms with E-state index in [1.54, 1.807) is 0 Å². The Morgan fingerprint density at radius 1 is 1.43 bits per heavy atom. The van der Waals surface area contributed by atoms with Crippen LogP contribution in [0.2, 0.25) is 0 Å². The van der Waals surface area contributed by atoms with Crippen LogP contribution < -0.4 is 0 Å². The van der Waals surface area contributed by atoms with Gasteiger partial charge in [0.2, 0.25) is 0 Å². The lowest BCUT2D eigenvalue weighted by Crippen LogP contribution is -2.61. The second kappa shape index (κ2) is 5.13. The Morgan fingerprint density at radius 3 is 2.90 bits per heavy atom. The number of pyridine rings is 1. The van der Waals surface area contributed by atoms with E-state index in [0.29, 0.717) is 0 Å². The van der Waals surface area contributed by atoms with Crippen molar-refractivity contribution < 1.29 is 14.6 Å². The SMILES string of the molecule is Cc1ccc2nc(CN3CC(C)(OCC(=O)O)C3)cn2c1. The fourth-order valence-electron chi connectivity index (χ4n) is 2.80. The van der Waals surface area contributed by atoms with Gasteiger partial charge in [0, 0.05) is 32.0 Å². The minimum Gasteiger partial charge on any atom is -0.480 e. The number of aromatic nitrogens is 2. The van der Waals surface area contributed by atoms with Gasteiger partial charge in [-0.25, -0.2) is 9.78 Å². The summed E-state index contributed by atoms with van der Waals surface area (Å²) in [6, 6.07) is 4.06. The van der Waals surface area contributed by atoms with Crippen LogP contribution in [0.5, 0.6) is 0 Å². The first kappa shape index (κ1) is 14.0. The van der Waals surface area contributed by atoms with Gasteiger partial charge in [-0.1, -0.05) is 6.07 Å². The van der Waals surface area contributed by atoms with Crippen LogP contribution in [-0.4, -0.2) is 50.7 Å². The number of aliphatic carboxylic acids is 1. The van der Waals surface area contributed by atoms with Crippen molar-refractivity contribution in [3.05, 3.63) is 35.8 Å². The molecule has 1 aliphatic heterocycles. The van der Waals surface area contributed by atoms with Crippen LogP contribution >= 0.6 is 0 Å². The summed E-state index contributed by atoms with van der Waals surface area (Å²) in [6.45, 7) is 5.98. The number of likely N-dealkylation sites (tertiary alicyclic amines) is 1. The number of ether oxygens (including phenoxy) is 1. The number of fused-ring (bicyclic) bond motifs is 1. The van der Waals surface area contributed by atoms with Gasteiger partial charge >= 0.3 is 5.97 Å². The van der Waals surface area contributed by atoms with E-state index >= 15 is 0 Å². The highest BCUT2D eigenvalue weighted by Crippen LogP contribution is 2.26. The van der Waals surface area contributed by atoms with E-state index < -0.39 is 5.97 Å². The fraction of sp³-hybridized carbons (Fsp3) is 0.467. The molecule has 1 fully saturated rings. The third-order valence-electron chi connectivity index (χ3n) is 3.69. The Bertz CT molecular complexity index is 674. The molecule has 0 amide bonds. The van der Waals surface area contributed by atoms with Gasteiger partial charge in [0.1, 0.15) is 12.3 Å². The van der Waals surface area contributed by atoms with Gasteiger partial charge in [-0.2, -0.15) is 0 Å². The molecule has 2 aromatic heterocycles. The number of imidazole rings is 1. The number of aryl methyl sites for hydroxylation is 1. The van der Waals surface area contributed by atoms with Gasteiger partial charge in [-0.05, 0) is 25.5 Å². The molecule has 6 heteroatoms. The van der Waals surface area contributed by atoms with Crippen LogP contribution in [0.25, 0.3) is 5.65 Å². The first-order chi connectivity index (χ1) is 9.93. The molecule has 0 aromatic carbocycles. The first-order valence-corrected chi connectivity index (χ1v) is 6.96. The van der Waals surface area contributed by atoms with E-state index in [2.05, 4.69) is 23.0 Å². The third kappa shape index (κ3) is 3.06. The van der Waals surface area contributed by atoms with Crippen LogP contribution in [0.15, 0.2) is 24.5 Å². The molecule has 0 bridgehead atoms. The summed E-state index contributed by atoms with van der Waals surface area (Å²) in [5, 5.41) is 8.65. The van der Waals surface area contributed by atoms with Gasteiger partial charge in [-0.3, -0.25) is 4.90 Å². The second-order valence-corrected chi connectivity index (χ2v) is 5.98. The molecule has 2 aromatic rings. The maximum atomic E-state index is 10.5. The maximum absolute atomic E-state index is 10.5. The molecule has 3 rings (SSSR count). The predicted molar refractivity (Wildman–Crippen MR) is 77.2 cm³/mol. The van der Waals surface area contributed by atoms with Crippen molar-refractivity contribution in [2.45, 2.75) is 26.0 Å². The molecule has 1 saturated heterocycles. The number of hydrogen-bond acceptors (Lipinski definition) is 4. The van der Waals surface area contributed by atoms with Crippen molar-refractivity contribution in [2.75, 3.05) is 19.7 Å². The Hall–Kier alpha value is -1.92. The van der Waals surface area contributed by atoms with Gasteiger partial charge < -0.3 is 14.2 Å². The van der Waals surface area contributed by atoms with Crippen molar-refractivity contribution in [1.82, 2.24) is 14.3 Å². The average Bonchev–Trinajstić information content (AvgIpc) is 2.76. The predicted octanol–water partition coefficient (Wildman–Crippen LogP) is 1.32. The minimum atomic E-state index is -0.926. The summed E-state index contributed by atoms with van der Waals surface area (Å²) < 4.78 is 7.43. The Kier molecular flexibility index (Phi) is 3.43. The number of carbonyl (C=O) groups is 1. The molecule has 1 N–H and O–H groups in total. The van der Waals surface area contributed by atoms with Gasteiger partial charge in [-0.15, -0.1) is 0 Å². The zero-order chi connectivity index (χ0) is 15.0. The van der Waals surface area contributed by atoms with Crippen LogP contribution in [0.3, 0.4) is 0 Å². The number of rotatable bonds is 5. The Labute approximate surface area is 123 Å². The number of carboxylic acid groups (broad SMARTS) is 1. The van der Waals surface area contributed by atoms with E-state index in [1.165, 1.54) is 5.56 Å². The summed E-state index contributed by atoms with van der Waals surface area (Å²) in [6.07, 6.45) is 4.10. The number of nitrogens with zero attached hydrogens (tertiary/aromatic N) is 3. The summed E-state index contributed by atoms with van der Waals surface area (Å²) in [5.74, 6) is -0.926. The smallest absolute Gasteiger partial charge is 0.329 e. The average molecular weight is 289 g/mol. The number of carboxylic acids is 1. The third-order valence-corrected chi connectivity index (χ3v) is 3.69. The van der Waals surface area contributed by atoms with Crippen LogP contribution in [0, 0.1) is 6.92 Å². The molecule has 0 atom stereocenters. The van der Waals surface area contributed by atoms with E-state index in [1.807, 2.05) is 29.7 Å². The highest BCUT2D eigenvalue weighted by molar-refractivity contribution is 5.68. The summed E-state index contributed by atoms with van der Waals surface area (Å²) >= 11 is 0.